The maximum atomic E-state index is 12.2. The summed E-state index contributed by atoms with van der Waals surface area (Å²) in [5, 5.41) is 12.0. The number of rotatable bonds is 7. The van der Waals surface area contributed by atoms with E-state index in [1.807, 2.05) is 23.1 Å². The molecule has 1 fully saturated rings. The average Bonchev–Trinajstić information content (AvgIpc) is 2.77. The van der Waals surface area contributed by atoms with Gasteiger partial charge in [0.05, 0.1) is 12.0 Å². The lowest BCUT2D eigenvalue weighted by atomic mass is 9.89. The Morgan fingerprint density at radius 3 is 2.52 bits per heavy atom. The Balaban J connectivity index is 1.79. The fourth-order valence-corrected chi connectivity index (χ4v) is 4.08. The predicted molar refractivity (Wildman–Crippen MR) is 125 cm³/mol. The topological polar surface area (TPSA) is 111 Å². The predicted octanol–water partition coefficient (Wildman–Crippen LogP) is 3.56. The molecule has 0 saturated carbocycles. The first-order valence-electron chi connectivity index (χ1n) is 10.9. The number of anilines is 2. The Hall–Kier alpha value is -3.43. The van der Waals surface area contributed by atoms with E-state index in [1.54, 1.807) is 34.9 Å². The van der Waals surface area contributed by atoms with Crippen molar-refractivity contribution in [3.05, 3.63) is 46.3 Å². The molecule has 0 bridgehead atoms. The van der Waals surface area contributed by atoms with Crippen LogP contribution in [0.15, 0.2) is 30.6 Å². The fourth-order valence-electron chi connectivity index (χ4n) is 4.08. The molecule has 0 N–H and O–H groups in total. The molecular formula is C23H31N5O5. The highest BCUT2D eigenvalue weighted by molar-refractivity contribution is 5.79. The Kier molecular flexibility index (Phi) is 7.35. The molecule has 0 aliphatic carbocycles. The Bertz CT molecular complexity index is 999. The van der Waals surface area contributed by atoms with Crippen molar-refractivity contribution in [2.24, 2.45) is 0 Å². The van der Waals surface area contributed by atoms with E-state index < -0.39 is 16.5 Å². The van der Waals surface area contributed by atoms with E-state index in [1.165, 1.54) is 11.2 Å². The third kappa shape index (κ3) is 5.88. The number of likely N-dealkylation sites (N-methyl/N-ethyl adjacent to an activating group) is 1. The maximum absolute atomic E-state index is 12.2. The Morgan fingerprint density at radius 2 is 1.91 bits per heavy atom. The molecule has 0 atom stereocenters. The first-order chi connectivity index (χ1) is 15.6. The van der Waals surface area contributed by atoms with Crippen LogP contribution in [-0.4, -0.2) is 60.3 Å². The number of carbonyl (C=O) groups excluding carboxylic acids is 1. The van der Waals surface area contributed by atoms with Crippen molar-refractivity contribution in [1.29, 1.82) is 0 Å². The Morgan fingerprint density at radius 1 is 1.24 bits per heavy atom. The number of hydrogen-bond donors (Lipinski definition) is 0. The summed E-state index contributed by atoms with van der Waals surface area (Å²) in [5.74, 6) is 1.02. The van der Waals surface area contributed by atoms with Crippen LogP contribution in [0.5, 0.6) is 5.75 Å². The summed E-state index contributed by atoms with van der Waals surface area (Å²) in [5.41, 5.74) is 0.292. The second-order valence-electron chi connectivity index (χ2n) is 9.07. The van der Waals surface area contributed by atoms with E-state index >= 15 is 0 Å². The van der Waals surface area contributed by atoms with Crippen molar-refractivity contribution >= 4 is 23.3 Å². The lowest BCUT2D eigenvalue weighted by Gasteiger charge is -2.33. The summed E-state index contributed by atoms with van der Waals surface area (Å²) >= 11 is 0. The van der Waals surface area contributed by atoms with Crippen LogP contribution in [0.2, 0.25) is 0 Å². The third-order valence-electron chi connectivity index (χ3n) is 5.49. The van der Waals surface area contributed by atoms with Crippen LogP contribution in [0.3, 0.4) is 0 Å². The van der Waals surface area contributed by atoms with E-state index in [0.717, 1.165) is 24.2 Å². The SMILES string of the molecule is COc1ccccc1C1CCN(c2ncnc(N(C)CC(=O)OC(C)(C)C)c2[N+](=O)[O-])CC1. The zero-order valence-electron chi connectivity index (χ0n) is 19.8. The number of nitrogens with zero attached hydrogens (tertiary/aromatic N) is 5. The van der Waals surface area contributed by atoms with Gasteiger partial charge in [-0.05, 0) is 51.2 Å². The largest absolute Gasteiger partial charge is 0.496 e. The molecule has 1 aliphatic rings. The van der Waals surface area contributed by atoms with Gasteiger partial charge in [-0.15, -0.1) is 0 Å². The van der Waals surface area contributed by atoms with Gasteiger partial charge in [0.15, 0.2) is 0 Å². The van der Waals surface area contributed by atoms with E-state index in [-0.39, 0.29) is 23.9 Å². The minimum atomic E-state index is -0.646. The second kappa shape index (κ2) is 10.0. The number of carbonyl (C=O) groups is 1. The first-order valence-corrected chi connectivity index (χ1v) is 10.9. The van der Waals surface area contributed by atoms with Gasteiger partial charge in [0.1, 0.15) is 24.2 Å². The summed E-state index contributed by atoms with van der Waals surface area (Å²) in [6.07, 6.45) is 2.92. The number of benzene rings is 1. The van der Waals surface area contributed by atoms with Gasteiger partial charge < -0.3 is 19.3 Å². The van der Waals surface area contributed by atoms with Gasteiger partial charge in [-0.3, -0.25) is 14.9 Å². The van der Waals surface area contributed by atoms with E-state index in [0.29, 0.717) is 19.0 Å². The zero-order chi connectivity index (χ0) is 24.2. The first kappa shape index (κ1) is 24.2. The number of ether oxygens (including phenoxy) is 2. The minimum Gasteiger partial charge on any atom is -0.496 e. The molecule has 1 aliphatic heterocycles. The quantitative estimate of drug-likeness (QED) is 0.350. The lowest BCUT2D eigenvalue weighted by Crippen LogP contribution is -2.36. The molecular weight excluding hydrogens is 426 g/mol. The molecule has 1 saturated heterocycles. The molecule has 1 aromatic carbocycles. The maximum Gasteiger partial charge on any atom is 0.353 e. The van der Waals surface area contributed by atoms with Crippen molar-refractivity contribution in [2.45, 2.75) is 45.1 Å². The molecule has 10 heteroatoms. The smallest absolute Gasteiger partial charge is 0.353 e. The van der Waals surface area contributed by atoms with Crippen LogP contribution < -0.4 is 14.5 Å². The molecule has 0 radical (unpaired) electrons. The van der Waals surface area contributed by atoms with E-state index in [9.17, 15) is 14.9 Å². The second-order valence-corrected chi connectivity index (χ2v) is 9.07. The van der Waals surface area contributed by atoms with Crippen molar-refractivity contribution in [1.82, 2.24) is 9.97 Å². The molecule has 178 valence electrons. The summed E-state index contributed by atoms with van der Waals surface area (Å²) in [4.78, 5) is 35.5. The number of hydrogen-bond acceptors (Lipinski definition) is 9. The van der Waals surface area contributed by atoms with Crippen molar-refractivity contribution in [3.8, 4) is 5.75 Å². The van der Waals surface area contributed by atoms with Gasteiger partial charge in [0.25, 0.3) is 0 Å². The molecule has 33 heavy (non-hydrogen) atoms. The van der Waals surface area contributed by atoms with Gasteiger partial charge in [-0.1, -0.05) is 18.2 Å². The minimum absolute atomic E-state index is 0.0858. The van der Waals surface area contributed by atoms with Gasteiger partial charge in [-0.25, -0.2) is 9.97 Å². The van der Waals surface area contributed by atoms with Gasteiger partial charge in [-0.2, -0.15) is 0 Å². The lowest BCUT2D eigenvalue weighted by molar-refractivity contribution is -0.383. The van der Waals surface area contributed by atoms with E-state index in [2.05, 4.69) is 16.0 Å². The molecule has 2 aromatic rings. The van der Waals surface area contributed by atoms with Gasteiger partial charge in [0.2, 0.25) is 11.6 Å². The van der Waals surface area contributed by atoms with Crippen LogP contribution in [0.1, 0.15) is 45.1 Å². The zero-order valence-corrected chi connectivity index (χ0v) is 19.8. The summed E-state index contributed by atoms with van der Waals surface area (Å²) in [6, 6.07) is 7.95. The van der Waals surface area contributed by atoms with Crippen LogP contribution in [0, 0.1) is 10.1 Å². The molecule has 0 unspecified atom stereocenters. The number of aromatic nitrogens is 2. The molecule has 10 nitrogen and oxygen atoms in total. The van der Waals surface area contributed by atoms with Crippen molar-refractivity contribution in [3.63, 3.8) is 0 Å². The highest BCUT2D eigenvalue weighted by atomic mass is 16.6. The van der Waals surface area contributed by atoms with Crippen LogP contribution in [0.4, 0.5) is 17.3 Å². The van der Waals surface area contributed by atoms with E-state index in [4.69, 9.17) is 9.47 Å². The van der Waals surface area contributed by atoms with Crippen LogP contribution in [0.25, 0.3) is 0 Å². The van der Waals surface area contributed by atoms with Crippen LogP contribution >= 0.6 is 0 Å². The highest BCUT2D eigenvalue weighted by Crippen LogP contribution is 2.39. The van der Waals surface area contributed by atoms with Gasteiger partial charge >= 0.3 is 11.7 Å². The van der Waals surface area contributed by atoms with Crippen LogP contribution in [-0.2, 0) is 9.53 Å². The molecule has 2 heterocycles. The molecule has 0 amide bonds. The summed E-state index contributed by atoms with van der Waals surface area (Å²) in [6.45, 7) is 6.36. The van der Waals surface area contributed by atoms with Gasteiger partial charge in [0, 0.05) is 20.1 Å². The average molecular weight is 458 g/mol. The van der Waals surface area contributed by atoms with Crippen molar-refractivity contribution < 1.29 is 19.2 Å². The number of piperidine rings is 1. The summed E-state index contributed by atoms with van der Waals surface area (Å²) < 4.78 is 10.8. The molecule has 0 spiro atoms. The molecule has 3 rings (SSSR count). The molecule has 1 aromatic heterocycles. The standard InChI is InChI=1S/C23H31N5O5/c1-23(2,3)33-19(29)14-26(4)21-20(28(30)31)22(25-15-24-21)27-12-10-16(11-13-27)17-8-6-7-9-18(17)32-5/h6-9,15-16H,10-14H2,1-5H3. The number of esters is 1. The van der Waals surface area contributed by atoms with Crippen molar-refractivity contribution in [2.75, 3.05) is 43.6 Å². The fraction of sp³-hybridized carbons (Fsp3) is 0.522. The normalized spacial score (nSPS) is 14.6. The number of methoxy groups -OCH3 is 1. The third-order valence-corrected chi connectivity index (χ3v) is 5.49. The monoisotopic (exact) mass is 457 g/mol. The number of para-hydroxylation sites is 1. The summed E-state index contributed by atoms with van der Waals surface area (Å²) in [7, 11) is 3.24. The number of nitro groups is 1. The highest BCUT2D eigenvalue weighted by Gasteiger charge is 2.32. The Labute approximate surface area is 193 Å².